The van der Waals surface area contributed by atoms with Gasteiger partial charge in [0.1, 0.15) is 17.5 Å². The lowest BCUT2D eigenvalue weighted by atomic mass is 10.0. The highest BCUT2D eigenvalue weighted by atomic mass is 16.5. The fourth-order valence-corrected chi connectivity index (χ4v) is 3.98. The standard InChI is InChI=1S/C20H29N7O/c1-15-13-19(23-16(2)22-15)27-8-4-5-17(14-27)25(3)20-21-7-6-18(24-20)26-9-11-28-12-10-26/h6-7,13,17H,4-5,8-12,14H2,1-3H3. The average molecular weight is 384 g/mol. The minimum absolute atomic E-state index is 0.351. The zero-order chi connectivity index (χ0) is 19.5. The third kappa shape index (κ3) is 4.16. The number of likely N-dealkylation sites (N-methyl/N-ethyl adjacent to an activating group) is 1. The Labute approximate surface area is 166 Å². The van der Waals surface area contributed by atoms with E-state index in [-0.39, 0.29) is 0 Å². The molecule has 0 aromatic carbocycles. The molecule has 2 aromatic rings. The van der Waals surface area contributed by atoms with Gasteiger partial charge in [-0.1, -0.05) is 0 Å². The van der Waals surface area contributed by atoms with E-state index in [9.17, 15) is 0 Å². The summed E-state index contributed by atoms with van der Waals surface area (Å²) in [6.45, 7) is 9.18. The molecule has 8 nitrogen and oxygen atoms in total. The van der Waals surface area contributed by atoms with Gasteiger partial charge in [0.25, 0.3) is 0 Å². The van der Waals surface area contributed by atoms with E-state index in [1.54, 1.807) is 0 Å². The first-order chi connectivity index (χ1) is 13.6. The van der Waals surface area contributed by atoms with Crippen LogP contribution in [0.4, 0.5) is 17.6 Å². The summed E-state index contributed by atoms with van der Waals surface area (Å²) in [5.74, 6) is 3.61. The molecule has 0 spiro atoms. The maximum atomic E-state index is 5.45. The predicted molar refractivity (Wildman–Crippen MR) is 110 cm³/mol. The van der Waals surface area contributed by atoms with Crippen molar-refractivity contribution in [3.05, 3.63) is 29.8 Å². The molecule has 4 rings (SSSR count). The Kier molecular flexibility index (Phi) is 5.57. The lowest BCUT2D eigenvalue weighted by Crippen LogP contribution is -2.47. The van der Waals surface area contributed by atoms with Gasteiger partial charge in [0.15, 0.2) is 0 Å². The Balaban J connectivity index is 1.49. The Hall–Kier alpha value is -2.48. The van der Waals surface area contributed by atoms with E-state index in [1.807, 2.05) is 26.1 Å². The van der Waals surface area contributed by atoms with Crippen LogP contribution in [0.1, 0.15) is 24.4 Å². The molecule has 0 saturated carbocycles. The minimum Gasteiger partial charge on any atom is -0.378 e. The molecule has 0 N–H and O–H groups in total. The second-order valence-corrected chi connectivity index (χ2v) is 7.58. The summed E-state index contributed by atoms with van der Waals surface area (Å²) in [6, 6.07) is 4.41. The highest BCUT2D eigenvalue weighted by molar-refractivity contribution is 5.46. The molecule has 28 heavy (non-hydrogen) atoms. The van der Waals surface area contributed by atoms with Crippen LogP contribution in [0.3, 0.4) is 0 Å². The lowest BCUT2D eigenvalue weighted by Gasteiger charge is -2.38. The number of piperidine rings is 1. The number of nitrogens with zero attached hydrogens (tertiary/aromatic N) is 7. The number of hydrogen-bond acceptors (Lipinski definition) is 8. The lowest BCUT2D eigenvalue weighted by molar-refractivity contribution is 0.122. The first-order valence-corrected chi connectivity index (χ1v) is 10.1. The van der Waals surface area contributed by atoms with Gasteiger partial charge in [-0.05, 0) is 32.8 Å². The average Bonchev–Trinajstić information content (AvgIpc) is 2.73. The number of rotatable bonds is 4. The molecule has 1 atom stereocenters. The topological polar surface area (TPSA) is 70.5 Å². The van der Waals surface area contributed by atoms with Gasteiger partial charge in [0.2, 0.25) is 5.95 Å². The van der Waals surface area contributed by atoms with Gasteiger partial charge in [-0.25, -0.2) is 15.0 Å². The van der Waals surface area contributed by atoms with Crippen LogP contribution in [0.2, 0.25) is 0 Å². The van der Waals surface area contributed by atoms with Gasteiger partial charge in [-0.15, -0.1) is 0 Å². The molecular formula is C20H29N7O. The van der Waals surface area contributed by atoms with E-state index in [1.165, 1.54) is 0 Å². The summed E-state index contributed by atoms with van der Waals surface area (Å²) in [4.78, 5) is 25.3. The van der Waals surface area contributed by atoms with Crippen molar-refractivity contribution in [1.82, 2.24) is 19.9 Å². The normalized spacial score (nSPS) is 20.3. The third-order valence-corrected chi connectivity index (χ3v) is 5.50. The highest BCUT2D eigenvalue weighted by Crippen LogP contribution is 2.24. The first-order valence-electron chi connectivity index (χ1n) is 10.1. The predicted octanol–water partition coefficient (Wildman–Crippen LogP) is 1.83. The SMILES string of the molecule is Cc1cc(N2CCCC(N(C)c3nccc(N4CCOCC4)n3)C2)nc(C)n1. The molecule has 150 valence electrons. The second-order valence-electron chi connectivity index (χ2n) is 7.58. The summed E-state index contributed by atoms with van der Waals surface area (Å²) < 4.78 is 5.45. The van der Waals surface area contributed by atoms with Crippen molar-refractivity contribution in [1.29, 1.82) is 0 Å². The van der Waals surface area contributed by atoms with E-state index >= 15 is 0 Å². The monoisotopic (exact) mass is 383 g/mol. The van der Waals surface area contributed by atoms with Crippen LogP contribution in [0.15, 0.2) is 18.3 Å². The van der Waals surface area contributed by atoms with Gasteiger partial charge >= 0.3 is 0 Å². The van der Waals surface area contributed by atoms with Crippen LogP contribution in [0, 0.1) is 13.8 Å². The first kappa shape index (κ1) is 18.9. The highest BCUT2D eigenvalue weighted by Gasteiger charge is 2.26. The molecule has 0 radical (unpaired) electrons. The minimum atomic E-state index is 0.351. The Bertz CT molecular complexity index is 789. The summed E-state index contributed by atoms with van der Waals surface area (Å²) in [6.07, 6.45) is 4.11. The number of anilines is 3. The fourth-order valence-electron chi connectivity index (χ4n) is 3.98. The molecule has 2 aliphatic rings. The molecular weight excluding hydrogens is 354 g/mol. The number of aryl methyl sites for hydroxylation is 2. The van der Waals surface area contributed by atoms with Crippen LogP contribution in [0.25, 0.3) is 0 Å². The van der Waals surface area contributed by atoms with Crippen LogP contribution in [0.5, 0.6) is 0 Å². The summed E-state index contributed by atoms with van der Waals surface area (Å²) in [5, 5.41) is 0. The Morgan fingerprint density at radius 3 is 2.64 bits per heavy atom. The molecule has 2 aliphatic heterocycles. The van der Waals surface area contributed by atoms with E-state index in [0.717, 1.165) is 81.3 Å². The zero-order valence-electron chi connectivity index (χ0n) is 17.0. The van der Waals surface area contributed by atoms with Gasteiger partial charge in [-0.2, -0.15) is 4.98 Å². The van der Waals surface area contributed by atoms with Crippen molar-refractivity contribution in [2.24, 2.45) is 0 Å². The smallest absolute Gasteiger partial charge is 0.227 e. The summed E-state index contributed by atoms with van der Waals surface area (Å²) >= 11 is 0. The molecule has 0 bridgehead atoms. The van der Waals surface area contributed by atoms with Crippen LogP contribution < -0.4 is 14.7 Å². The quantitative estimate of drug-likeness (QED) is 0.792. The van der Waals surface area contributed by atoms with Gasteiger partial charge in [0.05, 0.1) is 13.2 Å². The van der Waals surface area contributed by atoms with Crippen LogP contribution >= 0.6 is 0 Å². The molecule has 0 aliphatic carbocycles. The van der Waals surface area contributed by atoms with Gasteiger partial charge < -0.3 is 19.4 Å². The molecule has 2 saturated heterocycles. The maximum absolute atomic E-state index is 5.45. The summed E-state index contributed by atoms with van der Waals surface area (Å²) in [5.41, 5.74) is 1.01. The Morgan fingerprint density at radius 2 is 1.86 bits per heavy atom. The van der Waals surface area contributed by atoms with Crippen molar-refractivity contribution in [2.75, 3.05) is 61.1 Å². The molecule has 8 heteroatoms. The largest absolute Gasteiger partial charge is 0.378 e. The molecule has 2 aromatic heterocycles. The van der Waals surface area contributed by atoms with Crippen molar-refractivity contribution in [3.8, 4) is 0 Å². The number of aromatic nitrogens is 4. The van der Waals surface area contributed by atoms with Crippen molar-refractivity contribution >= 4 is 17.6 Å². The molecule has 2 fully saturated rings. The third-order valence-electron chi connectivity index (χ3n) is 5.50. The molecule has 4 heterocycles. The zero-order valence-corrected chi connectivity index (χ0v) is 17.0. The van der Waals surface area contributed by atoms with Crippen molar-refractivity contribution in [3.63, 3.8) is 0 Å². The number of morpholine rings is 1. The number of ether oxygens (including phenoxy) is 1. The van der Waals surface area contributed by atoms with E-state index in [4.69, 9.17) is 9.72 Å². The van der Waals surface area contributed by atoms with Gasteiger partial charge in [0, 0.05) is 57.2 Å². The fraction of sp³-hybridized carbons (Fsp3) is 0.600. The van der Waals surface area contributed by atoms with Crippen LogP contribution in [-0.4, -0.2) is 72.4 Å². The van der Waals surface area contributed by atoms with Crippen LogP contribution in [-0.2, 0) is 4.74 Å². The number of hydrogen-bond donors (Lipinski definition) is 0. The Morgan fingerprint density at radius 1 is 1.04 bits per heavy atom. The maximum Gasteiger partial charge on any atom is 0.227 e. The second kappa shape index (κ2) is 8.26. The van der Waals surface area contributed by atoms with E-state index in [2.05, 4.69) is 42.8 Å². The van der Waals surface area contributed by atoms with E-state index in [0.29, 0.717) is 6.04 Å². The van der Waals surface area contributed by atoms with Gasteiger partial charge in [-0.3, -0.25) is 0 Å². The molecule has 0 amide bonds. The van der Waals surface area contributed by atoms with Crippen molar-refractivity contribution in [2.45, 2.75) is 32.7 Å². The van der Waals surface area contributed by atoms with E-state index < -0.39 is 0 Å². The summed E-state index contributed by atoms with van der Waals surface area (Å²) in [7, 11) is 2.10. The van der Waals surface area contributed by atoms with Crippen molar-refractivity contribution < 1.29 is 4.74 Å². The molecule has 1 unspecified atom stereocenters.